The molecule has 1 saturated heterocycles. The Balaban J connectivity index is 2.20. The summed E-state index contributed by atoms with van der Waals surface area (Å²) in [5, 5.41) is 3.04. The van der Waals surface area contributed by atoms with Gasteiger partial charge >= 0.3 is 0 Å². The Morgan fingerprint density at radius 2 is 1.80 bits per heavy atom. The van der Waals surface area contributed by atoms with Crippen LogP contribution in [-0.2, 0) is 9.59 Å². The molecule has 0 saturated carbocycles. The summed E-state index contributed by atoms with van der Waals surface area (Å²) >= 11 is 0. The molecule has 1 aliphatic heterocycles. The Labute approximate surface area is 123 Å². The Morgan fingerprint density at radius 3 is 2.35 bits per heavy atom. The van der Waals surface area contributed by atoms with Crippen LogP contribution in [0.2, 0.25) is 0 Å². The lowest BCUT2D eigenvalue weighted by Gasteiger charge is -2.32. The van der Waals surface area contributed by atoms with Gasteiger partial charge in [0.15, 0.2) is 0 Å². The molecule has 0 bridgehead atoms. The second kappa shape index (κ2) is 8.98. The molecule has 0 aromatic heterocycles. The Kier molecular flexibility index (Phi) is 7.63. The molecule has 0 aromatic rings. The summed E-state index contributed by atoms with van der Waals surface area (Å²) in [6, 6.07) is 0. The van der Waals surface area contributed by atoms with Crippen LogP contribution in [0.5, 0.6) is 0 Å². The number of rotatable bonds is 7. The van der Waals surface area contributed by atoms with Crippen LogP contribution in [0.3, 0.4) is 0 Å². The van der Waals surface area contributed by atoms with Crippen molar-refractivity contribution in [3.05, 3.63) is 0 Å². The zero-order chi connectivity index (χ0) is 15.0. The summed E-state index contributed by atoms with van der Waals surface area (Å²) in [6.45, 7) is 8.29. The molecule has 0 atom stereocenters. The molecule has 1 fully saturated rings. The monoisotopic (exact) mass is 282 g/mol. The molecular formula is C16H30N2O2. The van der Waals surface area contributed by atoms with Crippen LogP contribution in [0.1, 0.15) is 59.3 Å². The van der Waals surface area contributed by atoms with Gasteiger partial charge < -0.3 is 10.2 Å². The van der Waals surface area contributed by atoms with Crippen molar-refractivity contribution >= 4 is 11.8 Å². The van der Waals surface area contributed by atoms with Gasteiger partial charge in [0.2, 0.25) is 11.8 Å². The van der Waals surface area contributed by atoms with Crippen LogP contribution in [-0.4, -0.2) is 36.3 Å². The van der Waals surface area contributed by atoms with E-state index in [9.17, 15) is 9.59 Å². The number of unbranched alkanes of at least 4 members (excludes halogenated alkanes) is 3. The third-order valence-corrected chi connectivity index (χ3v) is 4.00. The molecule has 0 unspecified atom stereocenters. The van der Waals surface area contributed by atoms with Crippen LogP contribution in [0, 0.1) is 11.8 Å². The first-order valence-electron chi connectivity index (χ1n) is 8.12. The molecule has 0 aliphatic carbocycles. The quantitative estimate of drug-likeness (QED) is 0.730. The number of hydrogen-bond acceptors (Lipinski definition) is 2. The summed E-state index contributed by atoms with van der Waals surface area (Å²) in [6.07, 6.45) is 6.34. The average molecular weight is 282 g/mol. The molecule has 0 aromatic carbocycles. The number of carbonyl (C=O) groups excluding carboxylic acids is 2. The molecule has 0 radical (unpaired) electrons. The molecular weight excluding hydrogens is 252 g/mol. The van der Waals surface area contributed by atoms with Gasteiger partial charge in [-0.1, -0.05) is 40.0 Å². The van der Waals surface area contributed by atoms with E-state index >= 15 is 0 Å². The predicted molar refractivity (Wildman–Crippen MR) is 81.3 cm³/mol. The largest absolute Gasteiger partial charge is 0.356 e. The van der Waals surface area contributed by atoms with E-state index in [2.05, 4.69) is 12.2 Å². The maximum Gasteiger partial charge on any atom is 0.225 e. The van der Waals surface area contributed by atoms with E-state index in [4.69, 9.17) is 0 Å². The number of amides is 2. The zero-order valence-corrected chi connectivity index (χ0v) is 13.3. The third-order valence-electron chi connectivity index (χ3n) is 4.00. The number of piperidine rings is 1. The van der Waals surface area contributed by atoms with Crippen LogP contribution >= 0.6 is 0 Å². The number of hydrogen-bond donors (Lipinski definition) is 1. The van der Waals surface area contributed by atoms with Crippen LogP contribution < -0.4 is 5.32 Å². The Hall–Kier alpha value is -1.06. The number of nitrogens with zero attached hydrogens (tertiary/aromatic N) is 1. The molecule has 0 spiro atoms. The highest BCUT2D eigenvalue weighted by molar-refractivity contribution is 5.80. The normalized spacial score (nSPS) is 16.5. The van der Waals surface area contributed by atoms with Gasteiger partial charge in [0.1, 0.15) is 0 Å². The minimum atomic E-state index is 0.0546. The van der Waals surface area contributed by atoms with Crippen LogP contribution in [0.4, 0.5) is 0 Å². The molecule has 116 valence electrons. The summed E-state index contributed by atoms with van der Waals surface area (Å²) in [5.74, 6) is 0.540. The Bertz CT molecular complexity index is 308. The van der Waals surface area contributed by atoms with Gasteiger partial charge in [-0.15, -0.1) is 0 Å². The average Bonchev–Trinajstić information content (AvgIpc) is 2.46. The summed E-state index contributed by atoms with van der Waals surface area (Å²) < 4.78 is 0. The lowest BCUT2D eigenvalue weighted by Crippen LogP contribution is -2.44. The maximum atomic E-state index is 12.0. The first kappa shape index (κ1) is 17.0. The predicted octanol–water partition coefficient (Wildman–Crippen LogP) is 2.58. The molecule has 2 amide bonds. The fourth-order valence-corrected chi connectivity index (χ4v) is 2.63. The van der Waals surface area contributed by atoms with Crippen molar-refractivity contribution < 1.29 is 9.59 Å². The van der Waals surface area contributed by atoms with Crippen molar-refractivity contribution in [2.45, 2.75) is 59.3 Å². The summed E-state index contributed by atoms with van der Waals surface area (Å²) in [7, 11) is 0. The molecule has 4 heteroatoms. The summed E-state index contributed by atoms with van der Waals surface area (Å²) in [4.78, 5) is 25.8. The number of likely N-dealkylation sites (tertiary alicyclic amines) is 1. The van der Waals surface area contributed by atoms with Crippen molar-refractivity contribution in [3.8, 4) is 0 Å². The standard InChI is InChI=1S/C16H30N2O2/c1-4-5-6-7-10-17-15(19)14-8-11-18(12-9-14)16(20)13(2)3/h13-14H,4-12H2,1-3H3,(H,17,19). The highest BCUT2D eigenvalue weighted by atomic mass is 16.2. The topological polar surface area (TPSA) is 49.4 Å². The Morgan fingerprint density at radius 1 is 1.15 bits per heavy atom. The third kappa shape index (κ3) is 5.51. The second-order valence-electron chi connectivity index (χ2n) is 6.11. The molecule has 4 nitrogen and oxygen atoms in total. The van der Waals surface area contributed by atoms with E-state index in [-0.39, 0.29) is 23.7 Å². The first-order chi connectivity index (χ1) is 9.56. The van der Waals surface area contributed by atoms with E-state index in [1.165, 1.54) is 19.3 Å². The van der Waals surface area contributed by atoms with Gasteiger partial charge in [0, 0.05) is 31.5 Å². The van der Waals surface area contributed by atoms with E-state index in [0.29, 0.717) is 0 Å². The van der Waals surface area contributed by atoms with E-state index in [0.717, 1.165) is 38.9 Å². The van der Waals surface area contributed by atoms with Gasteiger partial charge in [0.05, 0.1) is 0 Å². The fourth-order valence-electron chi connectivity index (χ4n) is 2.63. The van der Waals surface area contributed by atoms with Crippen molar-refractivity contribution in [2.75, 3.05) is 19.6 Å². The van der Waals surface area contributed by atoms with Crippen LogP contribution in [0.15, 0.2) is 0 Å². The second-order valence-corrected chi connectivity index (χ2v) is 6.11. The van der Waals surface area contributed by atoms with E-state index < -0.39 is 0 Å². The first-order valence-corrected chi connectivity index (χ1v) is 8.12. The van der Waals surface area contributed by atoms with E-state index in [1.54, 1.807) is 0 Å². The van der Waals surface area contributed by atoms with Crippen LogP contribution in [0.25, 0.3) is 0 Å². The van der Waals surface area contributed by atoms with Gasteiger partial charge in [-0.25, -0.2) is 0 Å². The van der Waals surface area contributed by atoms with Gasteiger partial charge in [-0.05, 0) is 19.3 Å². The lowest BCUT2D eigenvalue weighted by molar-refractivity contribution is -0.138. The molecule has 1 aliphatic rings. The SMILES string of the molecule is CCCCCCNC(=O)C1CCN(C(=O)C(C)C)CC1. The number of nitrogens with one attached hydrogen (secondary N) is 1. The highest BCUT2D eigenvalue weighted by Gasteiger charge is 2.27. The number of carbonyl (C=O) groups is 2. The summed E-state index contributed by atoms with van der Waals surface area (Å²) in [5.41, 5.74) is 0. The van der Waals surface area contributed by atoms with Crippen molar-refractivity contribution in [3.63, 3.8) is 0 Å². The molecule has 1 rings (SSSR count). The smallest absolute Gasteiger partial charge is 0.225 e. The van der Waals surface area contributed by atoms with Gasteiger partial charge in [0.25, 0.3) is 0 Å². The molecule has 1 heterocycles. The fraction of sp³-hybridized carbons (Fsp3) is 0.875. The molecule has 1 N–H and O–H groups in total. The van der Waals surface area contributed by atoms with E-state index in [1.807, 2.05) is 18.7 Å². The minimum absolute atomic E-state index is 0.0546. The van der Waals surface area contributed by atoms with Crippen molar-refractivity contribution in [2.24, 2.45) is 11.8 Å². The zero-order valence-electron chi connectivity index (χ0n) is 13.3. The van der Waals surface area contributed by atoms with Gasteiger partial charge in [-0.2, -0.15) is 0 Å². The van der Waals surface area contributed by atoms with Crippen molar-refractivity contribution in [1.82, 2.24) is 10.2 Å². The van der Waals surface area contributed by atoms with Crippen molar-refractivity contribution in [1.29, 1.82) is 0 Å². The minimum Gasteiger partial charge on any atom is -0.356 e. The molecule has 20 heavy (non-hydrogen) atoms. The highest BCUT2D eigenvalue weighted by Crippen LogP contribution is 2.19. The lowest BCUT2D eigenvalue weighted by atomic mass is 9.95. The van der Waals surface area contributed by atoms with Gasteiger partial charge in [-0.3, -0.25) is 9.59 Å². The maximum absolute atomic E-state index is 12.0.